The number of rotatable bonds is 5. The van der Waals surface area contributed by atoms with Crippen molar-refractivity contribution in [2.24, 2.45) is 0 Å². The second-order valence-corrected chi connectivity index (χ2v) is 5.77. The van der Waals surface area contributed by atoms with Gasteiger partial charge in [0.15, 0.2) is 6.29 Å². The van der Waals surface area contributed by atoms with Gasteiger partial charge in [0.2, 0.25) is 0 Å². The Morgan fingerprint density at radius 3 is 2.67 bits per heavy atom. The van der Waals surface area contributed by atoms with Gasteiger partial charge in [-0.1, -0.05) is 25.5 Å². The Labute approximate surface area is 115 Å². The number of methoxy groups -OCH3 is 2. The predicted molar refractivity (Wildman–Crippen MR) is 75.2 cm³/mol. The molecule has 5 heteroatoms. The van der Waals surface area contributed by atoms with E-state index in [2.05, 4.69) is 23.2 Å². The fourth-order valence-electron chi connectivity index (χ4n) is 1.85. The van der Waals surface area contributed by atoms with Crippen LogP contribution in [0.5, 0.6) is 0 Å². The Kier molecular flexibility index (Phi) is 4.50. The van der Waals surface area contributed by atoms with E-state index in [0.29, 0.717) is 5.54 Å². The second-order valence-electron chi connectivity index (χ2n) is 4.01. The van der Waals surface area contributed by atoms with Crippen LogP contribution in [-0.2, 0) is 9.47 Å². The van der Waals surface area contributed by atoms with E-state index in [4.69, 9.17) is 14.5 Å². The van der Waals surface area contributed by atoms with Crippen LogP contribution in [0.4, 0.5) is 0 Å². The molecule has 1 unspecified atom stereocenters. The molecule has 0 aliphatic heterocycles. The van der Waals surface area contributed by atoms with Crippen LogP contribution in [0.25, 0.3) is 10.2 Å². The van der Waals surface area contributed by atoms with Crippen LogP contribution < -0.4 is 0 Å². The van der Waals surface area contributed by atoms with Crippen molar-refractivity contribution in [1.82, 2.24) is 4.98 Å². The topological polar surface area (TPSA) is 31.4 Å². The maximum Gasteiger partial charge on any atom is 0.185 e. The number of benzene rings is 1. The Bertz CT molecular complexity index is 525. The molecule has 3 radical (unpaired) electrons. The predicted octanol–water partition coefficient (Wildman–Crippen LogP) is 3.21. The lowest BCUT2D eigenvalue weighted by Gasteiger charge is -2.13. The molecule has 1 atom stereocenters. The van der Waals surface area contributed by atoms with Gasteiger partial charge in [-0.3, -0.25) is 0 Å². The summed E-state index contributed by atoms with van der Waals surface area (Å²) >= 11 is 1.71. The number of para-hydroxylation sites is 1. The molecule has 0 saturated heterocycles. The molecule has 2 aromatic rings. The van der Waals surface area contributed by atoms with Crippen LogP contribution in [0.3, 0.4) is 0 Å². The van der Waals surface area contributed by atoms with Gasteiger partial charge >= 0.3 is 0 Å². The summed E-state index contributed by atoms with van der Waals surface area (Å²) in [5.74, 6) is 0. The molecule has 2 rings (SSSR count). The molecule has 0 amide bonds. The fraction of sp³-hybridized carbons (Fsp3) is 0.462. The fourth-order valence-corrected chi connectivity index (χ4v) is 3.17. The van der Waals surface area contributed by atoms with E-state index in [0.717, 1.165) is 22.5 Å². The molecule has 0 bridgehead atoms. The van der Waals surface area contributed by atoms with Crippen LogP contribution in [-0.4, -0.2) is 29.4 Å². The summed E-state index contributed by atoms with van der Waals surface area (Å²) in [7, 11) is 6.97. The van der Waals surface area contributed by atoms with Crippen molar-refractivity contribution in [3.05, 3.63) is 28.8 Å². The molecular weight excluding hydrogens is 262 g/mol. The van der Waals surface area contributed by atoms with Crippen molar-refractivity contribution < 1.29 is 9.47 Å². The van der Waals surface area contributed by atoms with Crippen LogP contribution >= 0.6 is 11.3 Å². The van der Waals surface area contributed by atoms with Gasteiger partial charge in [-0.05, 0) is 11.6 Å². The Morgan fingerprint density at radius 2 is 2.06 bits per heavy atom. The van der Waals surface area contributed by atoms with Crippen LogP contribution in [0.2, 0.25) is 0 Å². The molecule has 0 aliphatic carbocycles. The summed E-state index contributed by atoms with van der Waals surface area (Å²) in [6.45, 7) is 2.14. The number of hydrogen-bond acceptors (Lipinski definition) is 4. The van der Waals surface area contributed by atoms with Gasteiger partial charge in [-0.15, -0.1) is 11.3 Å². The van der Waals surface area contributed by atoms with Crippen molar-refractivity contribution in [1.29, 1.82) is 0 Å². The molecule has 1 aromatic carbocycles. The average molecular weight is 278 g/mol. The molecule has 3 nitrogen and oxygen atoms in total. The van der Waals surface area contributed by atoms with Gasteiger partial charge in [-0.2, -0.15) is 0 Å². The maximum absolute atomic E-state index is 5.32. The molecule has 18 heavy (non-hydrogen) atoms. The third-order valence-corrected chi connectivity index (χ3v) is 4.88. The summed E-state index contributed by atoms with van der Waals surface area (Å²) in [6, 6.07) is 6.09. The smallest absolute Gasteiger partial charge is 0.185 e. The number of hydrogen-bond donors (Lipinski definition) is 0. The zero-order valence-corrected chi connectivity index (χ0v) is 12.6. The van der Waals surface area contributed by atoms with Gasteiger partial charge in [-0.25, -0.2) is 4.98 Å². The third-order valence-electron chi connectivity index (χ3n) is 2.86. The first-order valence-corrected chi connectivity index (χ1v) is 7.26. The van der Waals surface area contributed by atoms with Crippen LogP contribution in [0.15, 0.2) is 18.2 Å². The monoisotopic (exact) mass is 278 g/mol. The molecule has 95 valence electrons. The largest absolute Gasteiger partial charge is 0.352 e. The van der Waals surface area contributed by atoms with Crippen molar-refractivity contribution in [3.63, 3.8) is 0 Å². The quantitative estimate of drug-likeness (QED) is 0.621. The van der Waals surface area contributed by atoms with E-state index < -0.39 is 0 Å². The zero-order chi connectivity index (χ0) is 13.1. The lowest BCUT2D eigenvalue weighted by molar-refractivity contribution is -0.105. The highest BCUT2D eigenvalue weighted by Crippen LogP contribution is 2.32. The van der Waals surface area contributed by atoms with E-state index in [9.17, 15) is 0 Å². The molecular formula is C13H16NO2SSi. The average Bonchev–Trinajstić information content (AvgIpc) is 2.84. The van der Waals surface area contributed by atoms with Gasteiger partial charge in [0.1, 0.15) is 0 Å². The molecule has 0 N–H and O–H groups in total. The zero-order valence-electron chi connectivity index (χ0n) is 10.8. The van der Waals surface area contributed by atoms with Crippen molar-refractivity contribution in [2.75, 3.05) is 14.2 Å². The van der Waals surface area contributed by atoms with E-state index in [1.54, 1.807) is 25.6 Å². The highest BCUT2D eigenvalue weighted by atomic mass is 32.1. The van der Waals surface area contributed by atoms with Crippen LogP contribution in [0.1, 0.15) is 35.7 Å². The maximum atomic E-state index is 5.32. The lowest BCUT2D eigenvalue weighted by atomic mass is 10.2. The SMILES string of the molecule is CCC([Si])c1nc2c(C(OC)OC)cccc2s1. The highest BCUT2D eigenvalue weighted by molar-refractivity contribution is 7.18. The Balaban J connectivity index is 2.51. The Hall–Kier alpha value is -0.753. The summed E-state index contributed by atoms with van der Waals surface area (Å²) in [5, 5.41) is 1.10. The summed E-state index contributed by atoms with van der Waals surface area (Å²) in [5.41, 5.74) is 2.26. The third kappa shape index (κ3) is 2.49. The molecule has 1 heterocycles. The molecule has 0 saturated carbocycles. The van der Waals surface area contributed by atoms with Gasteiger partial charge in [0.05, 0.1) is 15.2 Å². The van der Waals surface area contributed by atoms with E-state index in [1.807, 2.05) is 12.1 Å². The standard InChI is InChI=1S/C13H16NO2SSi/c1-4-10(18)12-14-11-8(13(15-2)16-3)6-5-7-9(11)17-12/h5-7,10,13H,4H2,1-3H3. The summed E-state index contributed by atoms with van der Waals surface area (Å²) < 4.78 is 11.8. The minimum atomic E-state index is -0.363. The summed E-state index contributed by atoms with van der Waals surface area (Å²) in [4.78, 5) is 4.71. The van der Waals surface area contributed by atoms with Crippen molar-refractivity contribution in [2.45, 2.75) is 25.2 Å². The molecule has 0 fully saturated rings. The van der Waals surface area contributed by atoms with Crippen LogP contribution in [0, 0.1) is 0 Å². The number of fused-ring (bicyclic) bond motifs is 1. The minimum absolute atomic E-state index is 0.304. The van der Waals surface area contributed by atoms with Crippen molar-refractivity contribution >= 4 is 31.8 Å². The first kappa shape index (κ1) is 13.7. The number of thiazole rings is 1. The lowest BCUT2D eigenvalue weighted by Crippen LogP contribution is -2.04. The van der Waals surface area contributed by atoms with Crippen molar-refractivity contribution in [3.8, 4) is 0 Å². The highest BCUT2D eigenvalue weighted by Gasteiger charge is 2.17. The molecule has 0 spiro atoms. The van der Waals surface area contributed by atoms with Gasteiger partial charge in [0.25, 0.3) is 0 Å². The molecule has 1 aromatic heterocycles. The summed E-state index contributed by atoms with van der Waals surface area (Å²) in [6.07, 6.45) is 0.655. The van der Waals surface area contributed by atoms with E-state index >= 15 is 0 Å². The van der Waals surface area contributed by atoms with Gasteiger partial charge < -0.3 is 9.47 Å². The Morgan fingerprint density at radius 1 is 1.33 bits per heavy atom. The van der Waals surface area contributed by atoms with E-state index in [1.165, 1.54) is 4.70 Å². The second kappa shape index (κ2) is 5.93. The van der Waals surface area contributed by atoms with Gasteiger partial charge in [0, 0.05) is 30.0 Å². The molecule has 0 aliphatic rings. The number of ether oxygens (including phenoxy) is 2. The first-order valence-electron chi connectivity index (χ1n) is 5.87. The minimum Gasteiger partial charge on any atom is -0.352 e. The number of aromatic nitrogens is 1. The first-order chi connectivity index (χ1) is 8.71. The van der Waals surface area contributed by atoms with E-state index in [-0.39, 0.29) is 6.29 Å². The normalized spacial score (nSPS) is 13.4. The number of nitrogens with zero attached hydrogens (tertiary/aromatic N) is 1.